The summed E-state index contributed by atoms with van der Waals surface area (Å²) in [4.78, 5) is 12.5. The molecule has 1 aliphatic carbocycles. The van der Waals surface area contributed by atoms with E-state index >= 15 is 0 Å². The number of ketones is 1. The molecule has 0 spiro atoms. The Morgan fingerprint density at radius 2 is 1.86 bits per heavy atom. The van der Waals surface area contributed by atoms with E-state index in [9.17, 15) is 4.79 Å². The zero-order chi connectivity index (χ0) is 15.6. The van der Waals surface area contributed by atoms with Crippen molar-refractivity contribution in [3.8, 4) is 0 Å². The monoisotopic (exact) mass is 310 g/mol. The van der Waals surface area contributed by atoms with Crippen LogP contribution in [0.5, 0.6) is 0 Å². The van der Waals surface area contributed by atoms with Crippen LogP contribution in [-0.4, -0.2) is 25.3 Å². The van der Waals surface area contributed by atoms with Crippen molar-refractivity contribution in [2.45, 2.75) is 90.3 Å². The van der Waals surface area contributed by atoms with Gasteiger partial charge in [-0.2, -0.15) is 0 Å². The number of unbranched alkanes of at least 4 members (excludes halogenated alkanes) is 3. The minimum Gasteiger partial charge on any atom is -0.353 e. The number of carbonyl (C=O) groups is 1. The first-order valence-corrected chi connectivity index (χ1v) is 9.57. The van der Waals surface area contributed by atoms with E-state index in [1.807, 2.05) is 0 Å². The topological polar surface area (TPSA) is 35.5 Å². The smallest absolute Gasteiger partial charge is 0.157 e. The van der Waals surface area contributed by atoms with Crippen molar-refractivity contribution >= 4 is 5.78 Å². The van der Waals surface area contributed by atoms with Gasteiger partial charge < -0.3 is 9.47 Å². The van der Waals surface area contributed by atoms with Gasteiger partial charge in [-0.05, 0) is 44.4 Å². The SMILES string of the molecule is CCCCCCC(=O)C1CCCCC1COC1CCCCO1. The lowest BCUT2D eigenvalue weighted by atomic mass is 9.76. The van der Waals surface area contributed by atoms with E-state index < -0.39 is 0 Å². The van der Waals surface area contributed by atoms with Crippen LogP contribution in [0.4, 0.5) is 0 Å². The molecule has 1 saturated heterocycles. The molecule has 0 aromatic rings. The summed E-state index contributed by atoms with van der Waals surface area (Å²) in [6, 6.07) is 0. The normalized spacial score (nSPS) is 29.4. The Bertz CT molecular complexity index is 310. The zero-order valence-electron chi connectivity index (χ0n) is 14.4. The summed E-state index contributed by atoms with van der Waals surface area (Å²) in [6.45, 7) is 3.76. The Hall–Kier alpha value is -0.410. The first kappa shape index (κ1) is 17.9. The molecule has 1 saturated carbocycles. The predicted molar refractivity (Wildman–Crippen MR) is 88.8 cm³/mol. The second-order valence-electron chi connectivity index (χ2n) is 7.06. The highest BCUT2D eigenvalue weighted by molar-refractivity contribution is 5.81. The highest BCUT2D eigenvalue weighted by atomic mass is 16.7. The first-order valence-electron chi connectivity index (χ1n) is 9.57. The summed E-state index contributed by atoms with van der Waals surface area (Å²) in [5.41, 5.74) is 0. The van der Waals surface area contributed by atoms with Gasteiger partial charge in [-0.3, -0.25) is 4.79 Å². The third kappa shape index (κ3) is 6.00. The summed E-state index contributed by atoms with van der Waals surface area (Å²) in [6.07, 6.45) is 13.6. The minimum atomic E-state index is -0.0176. The number of rotatable bonds is 9. The molecular formula is C19H34O3. The van der Waals surface area contributed by atoms with Crippen LogP contribution < -0.4 is 0 Å². The lowest BCUT2D eigenvalue weighted by Crippen LogP contribution is -2.33. The van der Waals surface area contributed by atoms with Crippen molar-refractivity contribution < 1.29 is 14.3 Å². The van der Waals surface area contributed by atoms with Crippen LogP contribution in [-0.2, 0) is 14.3 Å². The van der Waals surface area contributed by atoms with Crippen LogP contribution >= 0.6 is 0 Å². The summed E-state index contributed by atoms with van der Waals surface area (Å²) in [5, 5.41) is 0. The molecule has 2 rings (SSSR count). The number of carbonyl (C=O) groups excluding carboxylic acids is 1. The van der Waals surface area contributed by atoms with Crippen molar-refractivity contribution in [2.24, 2.45) is 11.8 Å². The van der Waals surface area contributed by atoms with Gasteiger partial charge in [-0.15, -0.1) is 0 Å². The van der Waals surface area contributed by atoms with E-state index in [1.165, 1.54) is 38.5 Å². The first-order chi connectivity index (χ1) is 10.8. The van der Waals surface area contributed by atoms with Crippen LogP contribution in [0, 0.1) is 11.8 Å². The van der Waals surface area contributed by atoms with Gasteiger partial charge in [0, 0.05) is 18.9 Å². The fourth-order valence-electron chi connectivity index (χ4n) is 3.82. The molecule has 0 N–H and O–H groups in total. The average molecular weight is 310 g/mol. The predicted octanol–water partition coefficient (Wildman–Crippen LogP) is 4.88. The summed E-state index contributed by atoms with van der Waals surface area (Å²) >= 11 is 0. The maximum absolute atomic E-state index is 12.5. The van der Waals surface area contributed by atoms with E-state index in [-0.39, 0.29) is 12.2 Å². The molecule has 0 amide bonds. The van der Waals surface area contributed by atoms with E-state index in [0.717, 1.165) is 51.7 Å². The van der Waals surface area contributed by atoms with Crippen LogP contribution in [0.25, 0.3) is 0 Å². The molecule has 0 aromatic heterocycles. The number of hydrogen-bond acceptors (Lipinski definition) is 3. The molecule has 0 radical (unpaired) electrons. The highest BCUT2D eigenvalue weighted by Crippen LogP contribution is 2.33. The maximum atomic E-state index is 12.5. The third-order valence-electron chi connectivity index (χ3n) is 5.23. The Morgan fingerprint density at radius 1 is 1.05 bits per heavy atom. The fraction of sp³-hybridized carbons (Fsp3) is 0.947. The maximum Gasteiger partial charge on any atom is 0.157 e. The molecular weight excluding hydrogens is 276 g/mol. The lowest BCUT2D eigenvalue weighted by Gasteiger charge is -2.32. The lowest BCUT2D eigenvalue weighted by molar-refractivity contribution is -0.174. The summed E-state index contributed by atoms with van der Waals surface area (Å²) in [7, 11) is 0. The zero-order valence-corrected chi connectivity index (χ0v) is 14.4. The molecule has 0 aromatic carbocycles. The van der Waals surface area contributed by atoms with Crippen LogP contribution in [0.1, 0.15) is 84.0 Å². The van der Waals surface area contributed by atoms with E-state index in [2.05, 4.69) is 6.92 Å². The summed E-state index contributed by atoms with van der Waals surface area (Å²) < 4.78 is 11.6. The van der Waals surface area contributed by atoms with Gasteiger partial charge in [-0.1, -0.05) is 39.0 Å². The Kier molecular flexibility index (Phi) is 8.46. The van der Waals surface area contributed by atoms with E-state index in [0.29, 0.717) is 11.7 Å². The van der Waals surface area contributed by atoms with Crippen LogP contribution in [0.15, 0.2) is 0 Å². The van der Waals surface area contributed by atoms with Crippen molar-refractivity contribution in [3.63, 3.8) is 0 Å². The average Bonchev–Trinajstić information content (AvgIpc) is 2.58. The molecule has 22 heavy (non-hydrogen) atoms. The molecule has 0 bridgehead atoms. The molecule has 128 valence electrons. The van der Waals surface area contributed by atoms with Crippen LogP contribution in [0.3, 0.4) is 0 Å². The second-order valence-corrected chi connectivity index (χ2v) is 7.06. The van der Waals surface area contributed by atoms with E-state index in [4.69, 9.17) is 9.47 Å². The quantitative estimate of drug-likeness (QED) is 0.570. The standard InChI is InChI=1S/C19H34O3/c1-2-3-4-5-12-18(20)17-11-7-6-10-16(17)15-22-19-13-8-9-14-21-19/h16-17,19H,2-15H2,1H3. The Labute approximate surface area is 136 Å². The van der Waals surface area contributed by atoms with Crippen molar-refractivity contribution in [2.75, 3.05) is 13.2 Å². The van der Waals surface area contributed by atoms with Crippen molar-refractivity contribution in [3.05, 3.63) is 0 Å². The molecule has 2 aliphatic rings. The fourth-order valence-corrected chi connectivity index (χ4v) is 3.82. The molecule has 3 unspecified atom stereocenters. The summed E-state index contributed by atoms with van der Waals surface area (Å²) in [5.74, 6) is 1.17. The van der Waals surface area contributed by atoms with Gasteiger partial charge in [-0.25, -0.2) is 0 Å². The number of ether oxygens (including phenoxy) is 2. The number of Topliss-reactive ketones (excluding diaryl/α,β-unsaturated/α-hetero) is 1. The molecule has 1 heterocycles. The van der Waals surface area contributed by atoms with Gasteiger partial charge in [0.1, 0.15) is 5.78 Å². The molecule has 3 nitrogen and oxygen atoms in total. The van der Waals surface area contributed by atoms with Crippen molar-refractivity contribution in [1.82, 2.24) is 0 Å². The van der Waals surface area contributed by atoms with Gasteiger partial charge >= 0.3 is 0 Å². The molecule has 2 fully saturated rings. The second kappa shape index (κ2) is 10.4. The number of hydrogen-bond donors (Lipinski definition) is 0. The molecule has 3 heteroatoms. The molecule has 1 aliphatic heterocycles. The molecule has 3 atom stereocenters. The Morgan fingerprint density at radius 3 is 2.64 bits per heavy atom. The van der Waals surface area contributed by atoms with Gasteiger partial charge in [0.2, 0.25) is 0 Å². The van der Waals surface area contributed by atoms with Gasteiger partial charge in [0.15, 0.2) is 6.29 Å². The minimum absolute atomic E-state index is 0.0176. The van der Waals surface area contributed by atoms with E-state index in [1.54, 1.807) is 0 Å². The third-order valence-corrected chi connectivity index (χ3v) is 5.23. The highest BCUT2D eigenvalue weighted by Gasteiger charge is 2.31. The van der Waals surface area contributed by atoms with Crippen LogP contribution in [0.2, 0.25) is 0 Å². The van der Waals surface area contributed by atoms with Gasteiger partial charge in [0.05, 0.1) is 6.61 Å². The van der Waals surface area contributed by atoms with Gasteiger partial charge in [0.25, 0.3) is 0 Å². The largest absolute Gasteiger partial charge is 0.353 e. The Balaban J connectivity index is 1.73. The van der Waals surface area contributed by atoms with Crippen molar-refractivity contribution in [1.29, 1.82) is 0 Å².